The Hall–Kier alpha value is -2.41. The zero-order valence-corrected chi connectivity index (χ0v) is 12.2. The highest BCUT2D eigenvalue weighted by atomic mass is 19.1. The Kier molecular flexibility index (Phi) is 3.57. The molecule has 0 nitrogen and oxygen atoms in total. The molecule has 0 saturated heterocycles. The van der Waals surface area contributed by atoms with Crippen molar-refractivity contribution in [1.29, 1.82) is 0 Å². The van der Waals surface area contributed by atoms with Gasteiger partial charge >= 0.3 is 0 Å². The molecule has 0 bridgehead atoms. The van der Waals surface area contributed by atoms with Crippen LogP contribution < -0.4 is 0 Å². The average molecular weight is 275 g/mol. The Morgan fingerprint density at radius 1 is 0.810 bits per heavy atom. The highest BCUT2D eigenvalue weighted by Crippen LogP contribution is 2.32. The molecule has 1 heteroatoms. The number of halogens is 1. The van der Waals surface area contributed by atoms with Gasteiger partial charge in [0, 0.05) is 0 Å². The van der Waals surface area contributed by atoms with Gasteiger partial charge in [-0.1, -0.05) is 48.5 Å². The SMILES string of the molecule is Cc1ccccc1-c1[c]ccc(-c2ccc(F)cc2)c1C. The molecule has 0 N–H and O–H groups in total. The fraction of sp³-hybridized carbons (Fsp3) is 0.100. The van der Waals surface area contributed by atoms with Crippen molar-refractivity contribution >= 4 is 0 Å². The van der Waals surface area contributed by atoms with Crippen LogP contribution >= 0.6 is 0 Å². The van der Waals surface area contributed by atoms with E-state index in [9.17, 15) is 4.39 Å². The average Bonchev–Trinajstić information content (AvgIpc) is 2.50. The number of benzene rings is 3. The second-order valence-corrected chi connectivity index (χ2v) is 5.21. The molecule has 0 saturated carbocycles. The molecule has 0 aliphatic carbocycles. The van der Waals surface area contributed by atoms with Crippen molar-refractivity contribution in [1.82, 2.24) is 0 Å². The highest BCUT2D eigenvalue weighted by Gasteiger charge is 2.09. The summed E-state index contributed by atoms with van der Waals surface area (Å²) in [6.45, 7) is 4.20. The van der Waals surface area contributed by atoms with E-state index < -0.39 is 0 Å². The third-order valence-electron chi connectivity index (χ3n) is 3.83. The lowest BCUT2D eigenvalue weighted by atomic mass is 9.91. The summed E-state index contributed by atoms with van der Waals surface area (Å²) in [7, 11) is 0. The second-order valence-electron chi connectivity index (χ2n) is 5.21. The third kappa shape index (κ3) is 2.59. The van der Waals surface area contributed by atoms with Gasteiger partial charge in [0.2, 0.25) is 0 Å². The fourth-order valence-electron chi connectivity index (χ4n) is 2.65. The molecule has 0 amide bonds. The van der Waals surface area contributed by atoms with E-state index in [0.29, 0.717) is 0 Å². The molecule has 103 valence electrons. The minimum absolute atomic E-state index is 0.210. The topological polar surface area (TPSA) is 0 Å². The van der Waals surface area contributed by atoms with Crippen molar-refractivity contribution in [3.8, 4) is 22.3 Å². The maximum atomic E-state index is 13.1. The Bertz CT molecular complexity index is 770. The van der Waals surface area contributed by atoms with E-state index in [2.05, 4.69) is 32.0 Å². The molecule has 0 aromatic heterocycles. The summed E-state index contributed by atoms with van der Waals surface area (Å²) < 4.78 is 13.1. The molecule has 0 atom stereocenters. The zero-order chi connectivity index (χ0) is 14.8. The van der Waals surface area contributed by atoms with E-state index in [-0.39, 0.29) is 5.82 Å². The van der Waals surface area contributed by atoms with Gasteiger partial charge in [0.15, 0.2) is 0 Å². The van der Waals surface area contributed by atoms with Crippen LogP contribution in [-0.4, -0.2) is 0 Å². The lowest BCUT2D eigenvalue weighted by Crippen LogP contribution is -1.91. The van der Waals surface area contributed by atoms with Crippen molar-refractivity contribution in [2.75, 3.05) is 0 Å². The predicted molar refractivity (Wildman–Crippen MR) is 85.6 cm³/mol. The van der Waals surface area contributed by atoms with Crippen LogP contribution in [0.2, 0.25) is 0 Å². The molecular weight excluding hydrogens is 259 g/mol. The first kappa shape index (κ1) is 13.6. The van der Waals surface area contributed by atoms with Crippen molar-refractivity contribution in [2.24, 2.45) is 0 Å². The van der Waals surface area contributed by atoms with E-state index in [1.54, 1.807) is 0 Å². The maximum absolute atomic E-state index is 13.1. The summed E-state index contributed by atoms with van der Waals surface area (Å²) in [6, 6.07) is 22.2. The van der Waals surface area contributed by atoms with E-state index in [4.69, 9.17) is 0 Å². The summed E-state index contributed by atoms with van der Waals surface area (Å²) in [5.41, 5.74) is 6.84. The number of aryl methyl sites for hydroxylation is 1. The quantitative estimate of drug-likeness (QED) is 0.573. The Morgan fingerprint density at radius 2 is 1.52 bits per heavy atom. The van der Waals surface area contributed by atoms with Gasteiger partial charge in [0.25, 0.3) is 0 Å². The monoisotopic (exact) mass is 275 g/mol. The van der Waals surface area contributed by atoms with Crippen LogP contribution in [0.25, 0.3) is 22.3 Å². The van der Waals surface area contributed by atoms with Gasteiger partial charge in [0.1, 0.15) is 5.82 Å². The number of hydrogen-bond acceptors (Lipinski definition) is 0. The second kappa shape index (κ2) is 5.53. The van der Waals surface area contributed by atoms with Crippen LogP contribution in [0, 0.1) is 25.7 Å². The molecular formula is C20H16F. The van der Waals surface area contributed by atoms with Gasteiger partial charge in [-0.3, -0.25) is 0 Å². The smallest absolute Gasteiger partial charge is 0.123 e. The van der Waals surface area contributed by atoms with E-state index >= 15 is 0 Å². The van der Waals surface area contributed by atoms with Crippen molar-refractivity contribution in [2.45, 2.75) is 13.8 Å². The van der Waals surface area contributed by atoms with E-state index in [1.807, 2.05) is 36.4 Å². The lowest BCUT2D eigenvalue weighted by Gasteiger charge is -2.13. The van der Waals surface area contributed by atoms with E-state index in [0.717, 1.165) is 16.7 Å². The summed E-state index contributed by atoms with van der Waals surface area (Å²) in [5, 5.41) is 0. The largest absolute Gasteiger partial charge is 0.207 e. The Labute approximate surface area is 124 Å². The van der Waals surface area contributed by atoms with Gasteiger partial charge in [0.05, 0.1) is 0 Å². The maximum Gasteiger partial charge on any atom is 0.123 e. The summed E-state index contributed by atoms with van der Waals surface area (Å²) in [6.07, 6.45) is 0. The van der Waals surface area contributed by atoms with Gasteiger partial charge in [-0.25, -0.2) is 4.39 Å². The van der Waals surface area contributed by atoms with Gasteiger partial charge < -0.3 is 0 Å². The molecule has 0 spiro atoms. The van der Waals surface area contributed by atoms with Crippen LogP contribution in [0.1, 0.15) is 11.1 Å². The lowest BCUT2D eigenvalue weighted by molar-refractivity contribution is 0.628. The Morgan fingerprint density at radius 3 is 2.24 bits per heavy atom. The first-order valence-electron chi connectivity index (χ1n) is 7.00. The molecule has 3 aromatic rings. The molecule has 3 rings (SSSR count). The molecule has 3 aromatic carbocycles. The molecule has 0 fully saturated rings. The van der Waals surface area contributed by atoms with Crippen molar-refractivity contribution in [3.05, 3.63) is 83.7 Å². The van der Waals surface area contributed by atoms with Crippen LogP contribution in [0.3, 0.4) is 0 Å². The van der Waals surface area contributed by atoms with Gasteiger partial charge in [-0.2, -0.15) is 0 Å². The number of rotatable bonds is 2. The molecule has 0 unspecified atom stereocenters. The summed E-state index contributed by atoms with van der Waals surface area (Å²) in [4.78, 5) is 0. The highest BCUT2D eigenvalue weighted by molar-refractivity contribution is 5.79. The van der Waals surface area contributed by atoms with Crippen LogP contribution in [0.5, 0.6) is 0 Å². The molecule has 0 aliphatic heterocycles. The van der Waals surface area contributed by atoms with Crippen molar-refractivity contribution in [3.63, 3.8) is 0 Å². The van der Waals surface area contributed by atoms with Crippen LogP contribution in [0.15, 0.2) is 60.7 Å². The molecule has 0 aliphatic rings. The molecule has 0 heterocycles. The summed E-state index contributed by atoms with van der Waals surface area (Å²) in [5.74, 6) is -0.210. The standard InChI is InChI=1S/C20H16F/c1-14-6-3-4-7-18(14)20-9-5-8-19(15(20)2)16-10-12-17(21)13-11-16/h3-8,10-13H,1-2H3. The van der Waals surface area contributed by atoms with Crippen LogP contribution in [-0.2, 0) is 0 Å². The first-order chi connectivity index (χ1) is 10.2. The van der Waals surface area contributed by atoms with Gasteiger partial charge in [-0.15, -0.1) is 0 Å². The van der Waals surface area contributed by atoms with Gasteiger partial charge in [-0.05, 0) is 65.4 Å². The third-order valence-corrected chi connectivity index (χ3v) is 3.83. The zero-order valence-electron chi connectivity index (χ0n) is 12.2. The first-order valence-corrected chi connectivity index (χ1v) is 7.00. The van der Waals surface area contributed by atoms with E-state index in [1.165, 1.54) is 28.8 Å². The normalized spacial score (nSPS) is 10.6. The van der Waals surface area contributed by atoms with Crippen LogP contribution in [0.4, 0.5) is 4.39 Å². The molecule has 1 radical (unpaired) electrons. The predicted octanol–water partition coefficient (Wildman–Crippen LogP) is 5.58. The molecule has 21 heavy (non-hydrogen) atoms. The number of hydrogen-bond donors (Lipinski definition) is 0. The fourth-order valence-corrected chi connectivity index (χ4v) is 2.65. The minimum Gasteiger partial charge on any atom is -0.207 e. The Balaban J connectivity index is 2.16. The van der Waals surface area contributed by atoms with Crippen molar-refractivity contribution < 1.29 is 4.39 Å². The minimum atomic E-state index is -0.210. The summed E-state index contributed by atoms with van der Waals surface area (Å²) >= 11 is 0.